The fraction of sp³-hybridized carbons (Fsp3) is 0.217. The van der Waals surface area contributed by atoms with Gasteiger partial charge in [-0.25, -0.2) is 9.97 Å². The topological polar surface area (TPSA) is 71.5 Å². The lowest BCUT2D eigenvalue weighted by Gasteiger charge is -2.07. The van der Waals surface area contributed by atoms with Crippen LogP contribution in [0.5, 0.6) is 0 Å². The molecule has 0 bridgehead atoms. The summed E-state index contributed by atoms with van der Waals surface area (Å²) in [6, 6.07) is 14.3. The highest BCUT2D eigenvalue weighted by atomic mass is 32.2. The Morgan fingerprint density at radius 3 is 2.66 bits per heavy atom. The zero-order valence-corrected chi connectivity index (χ0v) is 17.1. The first-order valence-corrected chi connectivity index (χ1v) is 10.6. The molecule has 0 saturated carbocycles. The monoisotopic (exact) mass is 402 g/mol. The van der Waals surface area contributed by atoms with Crippen LogP contribution in [0.2, 0.25) is 0 Å². The SMILES string of the molecule is CCc1[nH]c2nc(Sc3cccnc3)nc(CCCc3ccccc3)c2c1C=O. The highest BCUT2D eigenvalue weighted by Crippen LogP contribution is 2.30. The molecule has 4 aromatic rings. The Kier molecular flexibility index (Phi) is 6.00. The molecule has 1 N–H and O–H groups in total. The van der Waals surface area contributed by atoms with Crippen molar-refractivity contribution in [1.29, 1.82) is 0 Å². The molecule has 0 saturated heterocycles. The first-order chi connectivity index (χ1) is 14.3. The van der Waals surface area contributed by atoms with E-state index in [1.54, 1.807) is 12.4 Å². The van der Waals surface area contributed by atoms with Crippen molar-refractivity contribution in [2.45, 2.75) is 42.7 Å². The average molecular weight is 403 g/mol. The Hall–Kier alpha value is -2.99. The number of fused-ring (bicyclic) bond motifs is 1. The second-order valence-corrected chi connectivity index (χ2v) is 7.84. The molecule has 5 nitrogen and oxygen atoms in total. The van der Waals surface area contributed by atoms with E-state index in [4.69, 9.17) is 4.98 Å². The summed E-state index contributed by atoms with van der Waals surface area (Å²) in [6.07, 6.45) is 7.94. The average Bonchev–Trinajstić information content (AvgIpc) is 3.13. The third-order valence-corrected chi connectivity index (χ3v) is 5.71. The summed E-state index contributed by atoms with van der Waals surface area (Å²) >= 11 is 1.48. The molecule has 0 aliphatic rings. The van der Waals surface area contributed by atoms with Gasteiger partial charge in [-0.3, -0.25) is 9.78 Å². The van der Waals surface area contributed by atoms with E-state index in [1.807, 2.05) is 25.1 Å². The lowest BCUT2D eigenvalue weighted by molar-refractivity contribution is 0.112. The van der Waals surface area contributed by atoms with Crippen LogP contribution < -0.4 is 0 Å². The number of nitrogens with zero attached hydrogens (tertiary/aromatic N) is 3. The Bertz CT molecular complexity index is 1110. The van der Waals surface area contributed by atoms with Crippen molar-refractivity contribution in [3.05, 3.63) is 77.4 Å². The van der Waals surface area contributed by atoms with Crippen LogP contribution in [0, 0.1) is 0 Å². The highest BCUT2D eigenvalue weighted by Gasteiger charge is 2.17. The number of aryl methyl sites for hydroxylation is 3. The Labute approximate surface area is 174 Å². The van der Waals surface area contributed by atoms with E-state index in [1.165, 1.54) is 17.3 Å². The minimum atomic E-state index is 0.668. The summed E-state index contributed by atoms with van der Waals surface area (Å²) in [6.45, 7) is 2.03. The van der Waals surface area contributed by atoms with E-state index in [-0.39, 0.29) is 0 Å². The summed E-state index contributed by atoms with van der Waals surface area (Å²) in [5.41, 5.74) is 4.57. The summed E-state index contributed by atoms with van der Waals surface area (Å²) in [4.78, 5) is 29.8. The van der Waals surface area contributed by atoms with Gasteiger partial charge in [0.05, 0.1) is 11.1 Å². The number of pyridine rings is 1. The molecule has 0 atom stereocenters. The number of nitrogens with one attached hydrogen (secondary N) is 1. The molecule has 0 amide bonds. The fourth-order valence-electron chi connectivity index (χ4n) is 3.47. The van der Waals surface area contributed by atoms with E-state index in [0.29, 0.717) is 10.7 Å². The van der Waals surface area contributed by atoms with Crippen molar-refractivity contribution >= 4 is 29.1 Å². The molecule has 1 aromatic carbocycles. The fourth-order valence-corrected chi connectivity index (χ4v) is 4.24. The zero-order valence-electron chi connectivity index (χ0n) is 16.3. The van der Waals surface area contributed by atoms with Crippen molar-refractivity contribution in [3.63, 3.8) is 0 Å². The number of hydrogen-bond donors (Lipinski definition) is 1. The van der Waals surface area contributed by atoms with Gasteiger partial charge in [0.15, 0.2) is 11.4 Å². The van der Waals surface area contributed by atoms with Gasteiger partial charge >= 0.3 is 0 Å². The van der Waals surface area contributed by atoms with Gasteiger partial charge in [0.2, 0.25) is 0 Å². The Morgan fingerprint density at radius 2 is 1.93 bits per heavy atom. The van der Waals surface area contributed by atoms with Crippen molar-refractivity contribution < 1.29 is 4.79 Å². The lowest BCUT2D eigenvalue weighted by Crippen LogP contribution is -1.99. The maximum absolute atomic E-state index is 11.8. The van der Waals surface area contributed by atoms with Crippen LogP contribution >= 0.6 is 11.8 Å². The largest absolute Gasteiger partial charge is 0.342 e. The second kappa shape index (κ2) is 9.01. The number of aldehydes is 1. The number of hydrogen-bond acceptors (Lipinski definition) is 5. The summed E-state index contributed by atoms with van der Waals surface area (Å²) in [5, 5.41) is 1.53. The van der Waals surface area contributed by atoms with E-state index in [9.17, 15) is 4.79 Å². The van der Waals surface area contributed by atoms with Crippen LogP contribution in [0.3, 0.4) is 0 Å². The highest BCUT2D eigenvalue weighted by molar-refractivity contribution is 7.99. The maximum Gasteiger partial charge on any atom is 0.194 e. The second-order valence-electron chi connectivity index (χ2n) is 6.80. The van der Waals surface area contributed by atoms with Crippen LogP contribution in [-0.2, 0) is 19.3 Å². The first-order valence-electron chi connectivity index (χ1n) is 9.77. The summed E-state index contributed by atoms with van der Waals surface area (Å²) < 4.78 is 0. The van der Waals surface area contributed by atoms with Gasteiger partial charge in [-0.2, -0.15) is 0 Å². The molecule has 3 aromatic heterocycles. The molecule has 6 heteroatoms. The molecule has 0 unspecified atom stereocenters. The van der Waals surface area contributed by atoms with Crippen molar-refractivity contribution in [2.75, 3.05) is 0 Å². The van der Waals surface area contributed by atoms with Crippen molar-refractivity contribution in [1.82, 2.24) is 19.9 Å². The van der Waals surface area contributed by atoms with Crippen LogP contribution in [0.25, 0.3) is 11.0 Å². The Morgan fingerprint density at radius 1 is 1.07 bits per heavy atom. The molecule has 146 valence electrons. The number of H-pyrrole nitrogens is 1. The standard InChI is InChI=1S/C23H22N4OS/c1-2-19-18(15-28)21-20(12-6-10-16-8-4-3-5-9-16)26-23(27-22(21)25-19)29-17-11-7-13-24-14-17/h3-5,7-9,11,13-15H,2,6,10,12H2,1H3,(H,25,26,27). The maximum atomic E-state index is 11.8. The molecular formula is C23H22N4OS. The molecule has 0 spiro atoms. The van der Waals surface area contributed by atoms with Crippen LogP contribution in [0.4, 0.5) is 0 Å². The molecule has 0 aliphatic carbocycles. The number of carbonyl (C=O) groups is 1. The third-order valence-electron chi connectivity index (χ3n) is 4.86. The van der Waals surface area contributed by atoms with Crippen LogP contribution in [0.1, 0.15) is 40.7 Å². The minimum Gasteiger partial charge on any atom is -0.342 e. The van der Waals surface area contributed by atoms with Gasteiger partial charge in [0.1, 0.15) is 5.65 Å². The normalized spacial score (nSPS) is 11.1. The van der Waals surface area contributed by atoms with Gasteiger partial charge in [-0.05, 0) is 55.1 Å². The quantitative estimate of drug-likeness (QED) is 0.330. The number of aromatic amines is 1. The molecule has 0 aliphatic heterocycles. The van der Waals surface area contributed by atoms with E-state index < -0.39 is 0 Å². The van der Waals surface area contributed by atoms with E-state index >= 15 is 0 Å². The molecule has 29 heavy (non-hydrogen) atoms. The van der Waals surface area contributed by atoms with Crippen molar-refractivity contribution in [2.24, 2.45) is 0 Å². The molecule has 4 rings (SSSR count). The number of carbonyl (C=O) groups excluding carboxylic acids is 1. The van der Waals surface area contributed by atoms with Gasteiger partial charge in [0, 0.05) is 28.5 Å². The summed E-state index contributed by atoms with van der Waals surface area (Å²) in [5.74, 6) is 0. The first kappa shape index (κ1) is 19.3. The number of rotatable bonds is 8. The minimum absolute atomic E-state index is 0.668. The van der Waals surface area contributed by atoms with E-state index in [2.05, 4.69) is 39.2 Å². The van der Waals surface area contributed by atoms with Gasteiger partial charge < -0.3 is 4.98 Å². The number of benzene rings is 1. The smallest absolute Gasteiger partial charge is 0.194 e. The molecule has 3 heterocycles. The predicted octanol–water partition coefficient (Wildman–Crippen LogP) is 5.05. The Balaban J connectivity index is 1.68. The summed E-state index contributed by atoms with van der Waals surface area (Å²) in [7, 11) is 0. The van der Waals surface area contributed by atoms with Crippen molar-refractivity contribution in [3.8, 4) is 0 Å². The zero-order chi connectivity index (χ0) is 20.1. The molecule has 0 radical (unpaired) electrons. The third kappa shape index (κ3) is 4.38. The molecular weight excluding hydrogens is 380 g/mol. The van der Waals surface area contributed by atoms with Crippen LogP contribution in [0.15, 0.2) is 64.9 Å². The van der Waals surface area contributed by atoms with Gasteiger partial charge in [0.25, 0.3) is 0 Å². The molecule has 0 fully saturated rings. The van der Waals surface area contributed by atoms with Crippen LogP contribution in [-0.4, -0.2) is 26.2 Å². The van der Waals surface area contributed by atoms with E-state index in [0.717, 1.165) is 59.3 Å². The number of aromatic nitrogens is 4. The van der Waals surface area contributed by atoms with Gasteiger partial charge in [-0.1, -0.05) is 37.3 Å². The van der Waals surface area contributed by atoms with Gasteiger partial charge in [-0.15, -0.1) is 0 Å². The predicted molar refractivity (Wildman–Crippen MR) is 115 cm³/mol. The lowest BCUT2D eigenvalue weighted by atomic mass is 10.0.